The van der Waals surface area contributed by atoms with Gasteiger partial charge in [-0.15, -0.1) is 11.8 Å². The van der Waals surface area contributed by atoms with Gasteiger partial charge in [-0.2, -0.15) is 0 Å². The third-order valence-electron chi connectivity index (χ3n) is 3.20. The van der Waals surface area contributed by atoms with E-state index in [0.29, 0.717) is 0 Å². The van der Waals surface area contributed by atoms with Crippen LogP contribution in [0.15, 0.2) is 53.4 Å². The lowest BCUT2D eigenvalue weighted by Gasteiger charge is -2.16. The van der Waals surface area contributed by atoms with Crippen molar-refractivity contribution in [3.05, 3.63) is 64.7 Å². The van der Waals surface area contributed by atoms with E-state index >= 15 is 0 Å². The Balaban J connectivity index is 2.01. The molecule has 2 aromatic carbocycles. The molecule has 2 rings (SSSR count). The highest BCUT2D eigenvalue weighted by atomic mass is 35.5. The van der Waals surface area contributed by atoms with Crippen molar-refractivity contribution >= 4 is 23.4 Å². The van der Waals surface area contributed by atoms with Crippen molar-refractivity contribution in [3.8, 4) is 0 Å². The van der Waals surface area contributed by atoms with Crippen LogP contribution in [0.5, 0.6) is 0 Å². The summed E-state index contributed by atoms with van der Waals surface area (Å²) in [5.41, 5.74) is 5.43. The molecule has 0 radical (unpaired) electrons. The summed E-state index contributed by atoms with van der Waals surface area (Å²) in [6.07, 6.45) is 1.05. The van der Waals surface area contributed by atoms with Crippen LogP contribution in [-0.2, 0) is 6.42 Å². The van der Waals surface area contributed by atoms with E-state index in [1.165, 1.54) is 11.1 Å². The second kappa shape index (κ2) is 7.70. The van der Waals surface area contributed by atoms with E-state index in [1.54, 1.807) is 11.8 Å². The average Bonchev–Trinajstić information content (AvgIpc) is 2.48. The van der Waals surface area contributed by atoms with E-state index in [-0.39, 0.29) is 6.04 Å². The summed E-state index contributed by atoms with van der Waals surface area (Å²) >= 11 is 7.74. The monoisotopic (exact) mass is 306 g/mol. The molecule has 1 unspecified atom stereocenters. The van der Waals surface area contributed by atoms with Gasteiger partial charge in [-0.05, 0) is 35.7 Å². The first-order chi connectivity index (χ1) is 9.72. The number of hydrogen-bond donors (Lipinski definition) is 2. The van der Waals surface area contributed by atoms with Crippen molar-refractivity contribution in [1.29, 1.82) is 0 Å². The summed E-state index contributed by atoms with van der Waals surface area (Å²) in [5.74, 6) is 6.54. The fourth-order valence-corrected chi connectivity index (χ4v) is 3.25. The molecule has 1 atom stereocenters. The standard InChI is InChI=1S/C16H19ClN2S/c1-2-12-6-8-13(9-7-12)16(19-18)11-20-15-5-3-4-14(17)10-15/h3-10,16,19H,2,11,18H2,1H3. The van der Waals surface area contributed by atoms with Gasteiger partial charge in [0.25, 0.3) is 0 Å². The molecule has 2 aromatic rings. The number of hydrogen-bond acceptors (Lipinski definition) is 3. The number of thioether (sulfide) groups is 1. The van der Waals surface area contributed by atoms with Crippen LogP contribution in [0.3, 0.4) is 0 Å². The number of rotatable bonds is 6. The Labute approximate surface area is 129 Å². The first-order valence-electron chi connectivity index (χ1n) is 6.66. The van der Waals surface area contributed by atoms with Crippen molar-refractivity contribution in [3.63, 3.8) is 0 Å². The molecule has 0 saturated heterocycles. The molecule has 0 fully saturated rings. The summed E-state index contributed by atoms with van der Waals surface area (Å²) < 4.78 is 0. The second-order valence-electron chi connectivity index (χ2n) is 4.58. The third-order valence-corrected chi connectivity index (χ3v) is 4.53. The van der Waals surface area contributed by atoms with Gasteiger partial charge < -0.3 is 0 Å². The number of hydrazine groups is 1. The van der Waals surface area contributed by atoms with Gasteiger partial charge in [-0.1, -0.05) is 48.9 Å². The number of nitrogens with two attached hydrogens (primary N) is 1. The maximum atomic E-state index is 5.99. The Morgan fingerprint density at radius 2 is 1.95 bits per heavy atom. The first kappa shape index (κ1) is 15.4. The van der Waals surface area contributed by atoms with Gasteiger partial charge in [0.05, 0.1) is 6.04 Å². The maximum Gasteiger partial charge on any atom is 0.0553 e. The number of halogens is 1. The van der Waals surface area contributed by atoms with Gasteiger partial charge in [-0.3, -0.25) is 11.3 Å². The molecule has 20 heavy (non-hydrogen) atoms. The molecule has 0 amide bonds. The normalized spacial score (nSPS) is 12.3. The number of aryl methyl sites for hydroxylation is 1. The van der Waals surface area contributed by atoms with Crippen LogP contribution in [0.25, 0.3) is 0 Å². The minimum absolute atomic E-state index is 0.130. The van der Waals surface area contributed by atoms with Crippen molar-refractivity contribution < 1.29 is 0 Å². The Bertz CT molecular complexity index is 542. The topological polar surface area (TPSA) is 38.0 Å². The molecule has 0 aromatic heterocycles. The molecule has 2 nitrogen and oxygen atoms in total. The van der Waals surface area contributed by atoms with E-state index in [4.69, 9.17) is 17.4 Å². The molecule has 0 bridgehead atoms. The van der Waals surface area contributed by atoms with E-state index in [2.05, 4.69) is 42.7 Å². The van der Waals surface area contributed by atoms with Crippen LogP contribution in [0.1, 0.15) is 24.1 Å². The third kappa shape index (κ3) is 4.25. The Morgan fingerprint density at radius 3 is 2.55 bits per heavy atom. The van der Waals surface area contributed by atoms with Crippen LogP contribution in [0.2, 0.25) is 5.02 Å². The van der Waals surface area contributed by atoms with Crippen LogP contribution in [0.4, 0.5) is 0 Å². The highest BCUT2D eigenvalue weighted by Gasteiger charge is 2.10. The molecule has 0 spiro atoms. The van der Waals surface area contributed by atoms with Crippen LogP contribution >= 0.6 is 23.4 Å². The van der Waals surface area contributed by atoms with Crippen LogP contribution in [0, 0.1) is 0 Å². The Morgan fingerprint density at radius 1 is 1.20 bits per heavy atom. The van der Waals surface area contributed by atoms with E-state index < -0.39 is 0 Å². The summed E-state index contributed by atoms with van der Waals surface area (Å²) in [4.78, 5) is 1.16. The van der Waals surface area contributed by atoms with Gasteiger partial charge in [0.15, 0.2) is 0 Å². The maximum absolute atomic E-state index is 5.99. The summed E-state index contributed by atoms with van der Waals surface area (Å²) in [6.45, 7) is 2.16. The van der Waals surface area contributed by atoms with Crippen molar-refractivity contribution in [1.82, 2.24) is 5.43 Å². The van der Waals surface area contributed by atoms with E-state index in [1.807, 2.05) is 18.2 Å². The molecular formula is C16H19ClN2S. The molecule has 3 N–H and O–H groups in total. The minimum atomic E-state index is 0.130. The molecule has 106 valence electrons. The fraction of sp³-hybridized carbons (Fsp3) is 0.250. The highest BCUT2D eigenvalue weighted by molar-refractivity contribution is 7.99. The zero-order valence-corrected chi connectivity index (χ0v) is 13.0. The lowest BCUT2D eigenvalue weighted by molar-refractivity contribution is 0.610. The minimum Gasteiger partial charge on any atom is -0.271 e. The van der Waals surface area contributed by atoms with Gasteiger partial charge in [0.2, 0.25) is 0 Å². The molecule has 4 heteroatoms. The quantitative estimate of drug-likeness (QED) is 0.477. The SMILES string of the molecule is CCc1ccc(C(CSc2cccc(Cl)c2)NN)cc1. The Kier molecular flexibility index (Phi) is 5.92. The summed E-state index contributed by atoms with van der Waals surface area (Å²) in [5, 5.41) is 0.763. The zero-order valence-electron chi connectivity index (χ0n) is 11.5. The molecule has 0 aliphatic heterocycles. The summed E-state index contributed by atoms with van der Waals surface area (Å²) in [7, 11) is 0. The second-order valence-corrected chi connectivity index (χ2v) is 6.11. The number of nitrogens with one attached hydrogen (secondary N) is 1. The van der Waals surface area contributed by atoms with Gasteiger partial charge in [0, 0.05) is 15.7 Å². The predicted molar refractivity (Wildman–Crippen MR) is 88.1 cm³/mol. The summed E-state index contributed by atoms with van der Waals surface area (Å²) in [6, 6.07) is 16.6. The fourth-order valence-electron chi connectivity index (χ4n) is 1.96. The van der Waals surface area contributed by atoms with Gasteiger partial charge in [0.1, 0.15) is 0 Å². The molecule has 0 aliphatic carbocycles. The smallest absolute Gasteiger partial charge is 0.0553 e. The van der Waals surface area contributed by atoms with Crippen LogP contribution in [-0.4, -0.2) is 5.75 Å². The zero-order chi connectivity index (χ0) is 14.4. The van der Waals surface area contributed by atoms with E-state index in [0.717, 1.165) is 22.1 Å². The largest absolute Gasteiger partial charge is 0.271 e. The lowest BCUT2D eigenvalue weighted by atomic mass is 10.1. The highest BCUT2D eigenvalue weighted by Crippen LogP contribution is 2.26. The predicted octanol–water partition coefficient (Wildman–Crippen LogP) is 4.20. The van der Waals surface area contributed by atoms with E-state index in [9.17, 15) is 0 Å². The van der Waals surface area contributed by atoms with Crippen molar-refractivity contribution in [2.75, 3.05) is 5.75 Å². The van der Waals surface area contributed by atoms with Gasteiger partial charge in [-0.25, -0.2) is 0 Å². The molecule has 0 saturated carbocycles. The molecule has 0 aliphatic rings. The molecular weight excluding hydrogens is 288 g/mol. The molecule has 0 heterocycles. The van der Waals surface area contributed by atoms with Crippen LogP contribution < -0.4 is 11.3 Å². The lowest BCUT2D eigenvalue weighted by Crippen LogP contribution is -2.29. The Hall–Kier alpha value is -1.00. The van der Waals surface area contributed by atoms with Crippen molar-refractivity contribution in [2.24, 2.45) is 5.84 Å². The van der Waals surface area contributed by atoms with Gasteiger partial charge >= 0.3 is 0 Å². The first-order valence-corrected chi connectivity index (χ1v) is 8.02. The average molecular weight is 307 g/mol. The number of benzene rings is 2. The van der Waals surface area contributed by atoms with Crippen molar-refractivity contribution in [2.45, 2.75) is 24.3 Å².